The molecule has 1 heterocycles. The second-order valence-corrected chi connectivity index (χ2v) is 9.22. The van der Waals surface area contributed by atoms with E-state index in [4.69, 9.17) is 0 Å². The number of amides is 2. The molecule has 1 aromatic rings. The number of rotatable bonds is 3. The number of benzene rings is 1. The standard InChI is InChI=1S/C23H32N2O3/c1-15-5-4-6-20(16(15)2)18-13-23(14-18)7-9-25(10-8-23)21(26)17-11-19(12-17)24-22(27)28-3/h4-6,17-19H,7-14H2,1-3H3,(H,24,27). The monoisotopic (exact) mass is 384 g/mol. The van der Waals surface area contributed by atoms with Crippen molar-refractivity contribution in [1.82, 2.24) is 10.2 Å². The van der Waals surface area contributed by atoms with E-state index in [-0.39, 0.29) is 17.9 Å². The van der Waals surface area contributed by atoms with E-state index in [9.17, 15) is 9.59 Å². The molecule has 0 atom stereocenters. The van der Waals surface area contributed by atoms with Crippen LogP contribution in [0.5, 0.6) is 0 Å². The van der Waals surface area contributed by atoms with Gasteiger partial charge in [-0.2, -0.15) is 0 Å². The third kappa shape index (κ3) is 3.51. The van der Waals surface area contributed by atoms with Gasteiger partial charge in [0.25, 0.3) is 0 Å². The average Bonchev–Trinajstić information content (AvgIpc) is 2.64. The fourth-order valence-corrected chi connectivity index (χ4v) is 5.45. The number of likely N-dealkylation sites (tertiary alicyclic amines) is 1. The number of carbonyl (C=O) groups excluding carboxylic acids is 2. The molecular formula is C23H32N2O3. The lowest BCUT2D eigenvalue weighted by Crippen LogP contribution is -2.53. The van der Waals surface area contributed by atoms with Crippen LogP contribution in [0.15, 0.2) is 18.2 Å². The number of ether oxygens (including phenoxy) is 1. The summed E-state index contributed by atoms with van der Waals surface area (Å²) in [4.78, 5) is 26.1. The Morgan fingerprint density at radius 3 is 2.46 bits per heavy atom. The first-order chi connectivity index (χ1) is 13.4. The fraction of sp³-hybridized carbons (Fsp3) is 0.652. The summed E-state index contributed by atoms with van der Waals surface area (Å²) in [5.74, 6) is 1.04. The second-order valence-electron chi connectivity index (χ2n) is 9.22. The first-order valence-corrected chi connectivity index (χ1v) is 10.6. The molecule has 0 aromatic heterocycles. The van der Waals surface area contributed by atoms with Crippen LogP contribution in [0.3, 0.4) is 0 Å². The zero-order valence-corrected chi connectivity index (χ0v) is 17.3. The summed E-state index contributed by atoms with van der Waals surface area (Å²) in [6.07, 6.45) is 5.89. The minimum Gasteiger partial charge on any atom is -0.453 e. The van der Waals surface area contributed by atoms with Crippen LogP contribution in [-0.2, 0) is 9.53 Å². The number of aryl methyl sites for hydroxylation is 1. The second kappa shape index (κ2) is 7.41. The van der Waals surface area contributed by atoms with Crippen LogP contribution < -0.4 is 5.32 Å². The highest BCUT2D eigenvalue weighted by molar-refractivity contribution is 5.80. The Balaban J connectivity index is 1.24. The van der Waals surface area contributed by atoms with Gasteiger partial charge in [-0.3, -0.25) is 4.79 Å². The third-order valence-electron chi connectivity index (χ3n) is 7.58. The third-order valence-corrected chi connectivity index (χ3v) is 7.58. The molecule has 28 heavy (non-hydrogen) atoms. The highest BCUT2D eigenvalue weighted by Gasteiger charge is 2.48. The lowest BCUT2D eigenvalue weighted by Gasteiger charge is -2.53. The maximum atomic E-state index is 12.7. The summed E-state index contributed by atoms with van der Waals surface area (Å²) in [5.41, 5.74) is 4.82. The molecule has 4 rings (SSSR count). The Morgan fingerprint density at radius 1 is 1.14 bits per heavy atom. The summed E-state index contributed by atoms with van der Waals surface area (Å²) in [5, 5.41) is 2.78. The van der Waals surface area contributed by atoms with Gasteiger partial charge in [-0.1, -0.05) is 18.2 Å². The lowest BCUT2D eigenvalue weighted by molar-refractivity contribution is -0.142. The molecule has 1 aromatic carbocycles. The molecule has 5 nitrogen and oxygen atoms in total. The van der Waals surface area contributed by atoms with Crippen molar-refractivity contribution in [2.24, 2.45) is 11.3 Å². The average molecular weight is 385 g/mol. The molecule has 2 saturated carbocycles. The molecule has 3 fully saturated rings. The van der Waals surface area contributed by atoms with E-state index in [1.165, 1.54) is 36.6 Å². The van der Waals surface area contributed by atoms with Crippen molar-refractivity contribution in [3.05, 3.63) is 34.9 Å². The molecule has 2 aliphatic carbocycles. The summed E-state index contributed by atoms with van der Waals surface area (Å²) < 4.78 is 4.62. The molecule has 0 bridgehead atoms. The van der Waals surface area contributed by atoms with Gasteiger partial charge in [-0.05, 0) is 80.4 Å². The first kappa shape index (κ1) is 19.3. The van der Waals surface area contributed by atoms with Crippen LogP contribution in [0.4, 0.5) is 4.79 Å². The predicted molar refractivity (Wildman–Crippen MR) is 108 cm³/mol. The number of nitrogens with one attached hydrogen (secondary N) is 1. The molecule has 3 aliphatic rings. The highest BCUT2D eigenvalue weighted by atomic mass is 16.5. The van der Waals surface area contributed by atoms with Crippen molar-refractivity contribution in [2.75, 3.05) is 20.2 Å². The number of hydrogen-bond acceptors (Lipinski definition) is 3. The Kier molecular flexibility index (Phi) is 5.11. The van der Waals surface area contributed by atoms with Gasteiger partial charge in [0.05, 0.1) is 7.11 Å². The quantitative estimate of drug-likeness (QED) is 0.859. The smallest absolute Gasteiger partial charge is 0.407 e. The van der Waals surface area contributed by atoms with Crippen molar-refractivity contribution in [3.63, 3.8) is 0 Å². The van der Waals surface area contributed by atoms with Crippen molar-refractivity contribution < 1.29 is 14.3 Å². The number of carbonyl (C=O) groups is 2. The molecule has 1 N–H and O–H groups in total. The number of methoxy groups -OCH3 is 1. The van der Waals surface area contributed by atoms with E-state index in [0.29, 0.717) is 11.3 Å². The summed E-state index contributed by atoms with van der Waals surface area (Å²) in [6.45, 7) is 6.23. The summed E-state index contributed by atoms with van der Waals surface area (Å²) >= 11 is 0. The van der Waals surface area contributed by atoms with Crippen molar-refractivity contribution in [1.29, 1.82) is 0 Å². The Labute approximate surface area is 167 Å². The van der Waals surface area contributed by atoms with Crippen LogP contribution in [0.1, 0.15) is 61.1 Å². The number of piperidine rings is 1. The number of hydrogen-bond donors (Lipinski definition) is 1. The topological polar surface area (TPSA) is 58.6 Å². The lowest BCUT2D eigenvalue weighted by atomic mass is 9.55. The maximum Gasteiger partial charge on any atom is 0.407 e. The molecule has 1 saturated heterocycles. The van der Waals surface area contributed by atoms with Crippen molar-refractivity contribution in [3.8, 4) is 0 Å². The fourth-order valence-electron chi connectivity index (χ4n) is 5.45. The van der Waals surface area contributed by atoms with Gasteiger partial charge in [-0.15, -0.1) is 0 Å². The van der Waals surface area contributed by atoms with Crippen LogP contribution >= 0.6 is 0 Å². The van der Waals surface area contributed by atoms with E-state index >= 15 is 0 Å². The normalized spacial score (nSPS) is 26.3. The molecule has 5 heteroatoms. The van der Waals surface area contributed by atoms with Gasteiger partial charge in [0.15, 0.2) is 0 Å². The molecular weight excluding hydrogens is 352 g/mol. The van der Waals surface area contributed by atoms with Crippen LogP contribution in [0.25, 0.3) is 0 Å². The Hall–Kier alpha value is -2.04. The molecule has 2 amide bonds. The van der Waals surface area contributed by atoms with Gasteiger partial charge >= 0.3 is 6.09 Å². The summed E-state index contributed by atoms with van der Waals surface area (Å²) in [6, 6.07) is 6.77. The zero-order valence-electron chi connectivity index (χ0n) is 17.3. The van der Waals surface area contributed by atoms with Crippen molar-refractivity contribution >= 4 is 12.0 Å². The van der Waals surface area contributed by atoms with E-state index in [2.05, 4.69) is 47.0 Å². The van der Waals surface area contributed by atoms with Crippen molar-refractivity contribution in [2.45, 2.75) is 64.3 Å². The van der Waals surface area contributed by atoms with Gasteiger partial charge in [0.2, 0.25) is 5.91 Å². The Bertz CT molecular complexity index is 753. The van der Waals surface area contributed by atoms with Crippen LogP contribution in [0.2, 0.25) is 0 Å². The van der Waals surface area contributed by atoms with Gasteiger partial charge in [0, 0.05) is 25.0 Å². The van der Waals surface area contributed by atoms with Gasteiger partial charge in [-0.25, -0.2) is 4.79 Å². The minimum absolute atomic E-state index is 0.0697. The highest BCUT2D eigenvalue weighted by Crippen LogP contribution is 2.57. The molecule has 1 spiro atoms. The molecule has 1 aliphatic heterocycles. The van der Waals surface area contributed by atoms with E-state index in [1.807, 2.05) is 0 Å². The van der Waals surface area contributed by atoms with E-state index < -0.39 is 6.09 Å². The molecule has 0 unspecified atom stereocenters. The largest absolute Gasteiger partial charge is 0.453 e. The number of alkyl carbamates (subject to hydrolysis) is 1. The molecule has 0 radical (unpaired) electrons. The number of nitrogens with zero attached hydrogens (tertiary/aromatic N) is 1. The maximum absolute atomic E-state index is 12.7. The zero-order chi connectivity index (χ0) is 19.9. The first-order valence-electron chi connectivity index (χ1n) is 10.6. The van der Waals surface area contributed by atoms with Gasteiger partial charge in [0.1, 0.15) is 0 Å². The Morgan fingerprint density at radius 2 is 1.82 bits per heavy atom. The van der Waals surface area contributed by atoms with Crippen LogP contribution in [-0.4, -0.2) is 43.1 Å². The van der Waals surface area contributed by atoms with Crippen LogP contribution in [0, 0.1) is 25.2 Å². The van der Waals surface area contributed by atoms with Gasteiger partial charge < -0.3 is 15.0 Å². The van der Waals surface area contributed by atoms with E-state index in [0.717, 1.165) is 38.8 Å². The SMILES string of the molecule is COC(=O)NC1CC(C(=O)N2CCC3(CC2)CC(c2cccc(C)c2C)C3)C1. The minimum atomic E-state index is -0.404. The molecule has 152 valence electrons. The summed E-state index contributed by atoms with van der Waals surface area (Å²) in [7, 11) is 1.37. The van der Waals surface area contributed by atoms with E-state index in [1.54, 1.807) is 0 Å². The predicted octanol–water partition coefficient (Wildman–Crippen LogP) is 3.92.